The molecule has 5 rings (SSSR count). The van der Waals surface area contributed by atoms with Gasteiger partial charge in [-0.05, 0) is 75.6 Å². The number of hydrogen-bond acceptors (Lipinski definition) is 3. The average molecular weight is 495 g/mol. The maximum absolute atomic E-state index is 14.7. The van der Waals surface area contributed by atoms with Gasteiger partial charge in [-0.2, -0.15) is 0 Å². The first kappa shape index (κ1) is 24.8. The minimum Gasteiger partial charge on any atom is -0.390 e. The number of H-pyrrole nitrogens is 1. The number of nitrogens with one attached hydrogen (secondary N) is 2. The number of carbonyl (C=O) groups excluding carboxylic acids is 1. The van der Waals surface area contributed by atoms with Crippen molar-refractivity contribution in [3.63, 3.8) is 0 Å². The third-order valence-corrected chi connectivity index (χ3v) is 7.59. The predicted octanol–water partition coefficient (Wildman–Crippen LogP) is 6.86. The fourth-order valence-electron chi connectivity index (χ4n) is 5.48. The Balaban J connectivity index is 1.83. The summed E-state index contributed by atoms with van der Waals surface area (Å²) in [5.41, 5.74) is 7.76. The van der Waals surface area contributed by atoms with E-state index in [4.69, 9.17) is 0 Å². The van der Waals surface area contributed by atoms with Crippen molar-refractivity contribution in [1.29, 1.82) is 0 Å². The van der Waals surface area contributed by atoms with E-state index in [0.717, 1.165) is 50.0 Å². The average Bonchev–Trinajstić information content (AvgIpc) is 3.24. The molecule has 2 heterocycles. The van der Waals surface area contributed by atoms with Crippen LogP contribution in [0.25, 0.3) is 22.0 Å². The zero-order valence-corrected chi connectivity index (χ0v) is 22.0. The van der Waals surface area contributed by atoms with Gasteiger partial charge in [0.15, 0.2) is 5.78 Å². The van der Waals surface area contributed by atoms with Gasteiger partial charge >= 0.3 is 0 Å². The highest BCUT2D eigenvalue weighted by Gasteiger charge is 2.40. The molecule has 4 aromatic rings. The highest BCUT2D eigenvalue weighted by Crippen LogP contribution is 2.46. The van der Waals surface area contributed by atoms with Crippen molar-refractivity contribution in [2.75, 3.05) is 5.32 Å². The Labute approximate surface area is 216 Å². The smallest absolute Gasteiger partial charge is 0.159 e. The predicted molar refractivity (Wildman–Crippen MR) is 148 cm³/mol. The number of hydrogen-bond donors (Lipinski definition) is 3. The van der Waals surface area contributed by atoms with Crippen LogP contribution < -0.4 is 5.32 Å². The molecule has 0 radical (unpaired) electrons. The lowest BCUT2D eigenvalue weighted by Crippen LogP contribution is -2.50. The molecule has 0 saturated carbocycles. The first-order valence-corrected chi connectivity index (χ1v) is 12.5. The largest absolute Gasteiger partial charge is 0.390 e. The van der Waals surface area contributed by atoms with Crippen LogP contribution in [0.15, 0.2) is 48.7 Å². The number of rotatable bonds is 2. The van der Waals surface area contributed by atoms with Crippen LogP contribution in [0.1, 0.15) is 71.8 Å². The number of Topliss-reactive ketones (excluding diaryl/α,β-unsaturated/α-hetero) is 1. The van der Waals surface area contributed by atoms with Gasteiger partial charge in [0, 0.05) is 45.4 Å². The lowest BCUT2D eigenvalue weighted by molar-refractivity contribution is 0.0868. The summed E-state index contributed by atoms with van der Waals surface area (Å²) in [5, 5.41) is 15.9. The van der Waals surface area contributed by atoms with E-state index in [1.807, 2.05) is 33.0 Å². The summed E-state index contributed by atoms with van der Waals surface area (Å²) in [7, 11) is 0. The maximum Gasteiger partial charge on any atom is 0.159 e. The van der Waals surface area contributed by atoms with Gasteiger partial charge < -0.3 is 15.4 Å². The van der Waals surface area contributed by atoms with Crippen LogP contribution in [0, 0.1) is 31.5 Å². The standard InChI is InChI=1S/C32H31FN2O2/c1-17-14-26(25-9-7-8-23-18(2)16-34-30(23)25)24(28-19(3)31(37)32(5,6)35-29(17)28)12-10-22-15-21(20(4)36)11-13-27(22)33/h7-9,11,13-16,19,31,34-35,37H,1-6H3/t19-,31+/m1/s1. The molecule has 0 saturated heterocycles. The maximum atomic E-state index is 14.7. The van der Waals surface area contributed by atoms with E-state index in [9.17, 15) is 14.3 Å². The summed E-state index contributed by atoms with van der Waals surface area (Å²) in [6.07, 6.45) is 1.33. The van der Waals surface area contributed by atoms with Crippen molar-refractivity contribution in [2.45, 2.75) is 59.1 Å². The van der Waals surface area contributed by atoms with E-state index in [2.05, 4.69) is 54.2 Å². The van der Waals surface area contributed by atoms with E-state index in [-0.39, 0.29) is 17.3 Å². The molecule has 0 aliphatic carbocycles. The summed E-state index contributed by atoms with van der Waals surface area (Å²) in [4.78, 5) is 15.3. The van der Waals surface area contributed by atoms with Gasteiger partial charge in [0.05, 0.1) is 22.7 Å². The van der Waals surface area contributed by atoms with Crippen LogP contribution in [0.5, 0.6) is 0 Å². The number of anilines is 1. The molecule has 3 aromatic carbocycles. The zero-order valence-electron chi connectivity index (χ0n) is 22.0. The summed E-state index contributed by atoms with van der Waals surface area (Å²) >= 11 is 0. The monoisotopic (exact) mass is 494 g/mol. The molecule has 2 atom stereocenters. The Kier molecular flexibility index (Phi) is 5.96. The number of aliphatic hydroxyl groups is 1. The third kappa shape index (κ3) is 4.12. The number of aryl methyl sites for hydroxylation is 2. The van der Waals surface area contributed by atoms with Crippen LogP contribution in [-0.4, -0.2) is 27.5 Å². The number of para-hydroxylation sites is 1. The number of carbonyl (C=O) groups is 1. The van der Waals surface area contributed by atoms with E-state index in [1.165, 1.54) is 25.1 Å². The van der Waals surface area contributed by atoms with Crippen molar-refractivity contribution >= 4 is 22.4 Å². The molecule has 5 heteroatoms. The van der Waals surface area contributed by atoms with Gasteiger partial charge in [-0.3, -0.25) is 4.79 Å². The molecule has 3 N–H and O–H groups in total. The quantitative estimate of drug-likeness (QED) is 0.211. The van der Waals surface area contributed by atoms with Gasteiger partial charge in [0.1, 0.15) is 5.82 Å². The number of benzene rings is 3. The summed E-state index contributed by atoms with van der Waals surface area (Å²) in [5.74, 6) is 5.45. The molecule has 1 aliphatic rings. The number of aliphatic hydroxyl groups excluding tert-OH is 1. The second kappa shape index (κ2) is 8.90. The molecule has 188 valence electrons. The molecule has 0 bridgehead atoms. The molecule has 1 aliphatic heterocycles. The first-order chi connectivity index (χ1) is 17.5. The number of aromatic amines is 1. The van der Waals surface area contributed by atoms with E-state index in [0.29, 0.717) is 5.56 Å². The van der Waals surface area contributed by atoms with Crippen molar-refractivity contribution in [3.05, 3.63) is 87.9 Å². The molecule has 0 amide bonds. The molecule has 0 fully saturated rings. The first-order valence-electron chi connectivity index (χ1n) is 12.5. The van der Waals surface area contributed by atoms with Crippen LogP contribution in [0.2, 0.25) is 0 Å². The second-order valence-electron chi connectivity index (χ2n) is 10.7. The molecule has 0 spiro atoms. The number of fused-ring (bicyclic) bond motifs is 2. The van der Waals surface area contributed by atoms with Crippen LogP contribution in [0.3, 0.4) is 0 Å². The topological polar surface area (TPSA) is 65.1 Å². The minimum absolute atomic E-state index is 0.145. The third-order valence-electron chi connectivity index (χ3n) is 7.59. The Morgan fingerprint density at radius 3 is 2.54 bits per heavy atom. The van der Waals surface area contributed by atoms with Gasteiger partial charge in [-0.1, -0.05) is 37.0 Å². The summed E-state index contributed by atoms with van der Waals surface area (Å²) < 4.78 is 14.7. The Morgan fingerprint density at radius 1 is 1.05 bits per heavy atom. The highest BCUT2D eigenvalue weighted by molar-refractivity contribution is 5.98. The van der Waals surface area contributed by atoms with Gasteiger partial charge in [0.2, 0.25) is 0 Å². The highest BCUT2D eigenvalue weighted by atomic mass is 19.1. The number of halogens is 1. The Hall–Kier alpha value is -3.88. The van der Waals surface area contributed by atoms with Gasteiger partial charge in [-0.25, -0.2) is 4.39 Å². The second-order valence-corrected chi connectivity index (χ2v) is 10.7. The van der Waals surface area contributed by atoms with Crippen molar-refractivity contribution in [2.24, 2.45) is 0 Å². The van der Waals surface area contributed by atoms with Gasteiger partial charge in [0.25, 0.3) is 0 Å². The van der Waals surface area contributed by atoms with E-state index < -0.39 is 17.5 Å². The van der Waals surface area contributed by atoms with Crippen LogP contribution >= 0.6 is 0 Å². The Bertz CT molecular complexity index is 1630. The molecule has 0 unspecified atom stereocenters. The summed E-state index contributed by atoms with van der Waals surface area (Å²) in [6, 6.07) is 12.5. The molecular formula is C32H31FN2O2. The lowest BCUT2D eigenvalue weighted by Gasteiger charge is -2.43. The normalized spacial score (nSPS) is 18.1. The molecule has 1 aromatic heterocycles. The fourth-order valence-corrected chi connectivity index (χ4v) is 5.48. The molecule has 4 nitrogen and oxygen atoms in total. The van der Waals surface area contributed by atoms with Gasteiger partial charge in [-0.15, -0.1) is 0 Å². The Morgan fingerprint density at radius 2 is 1.81 bits per heavy atom. The SMILES string of the molecule is CC(=O)c1ccc(F)c(C#Cc2c(-c3cccc4c(C)c[nH]c34)cc(C)c3c2[C@@H](C)[C@H](O)C(C)(C)N3)c1. The fraction of sp³-hybridized carbons (Fsp3) is 0.281. The van der Waals surface area contributed by atoms with Crippen molar-refractivity contribution in [3.8, 4) is 23.0 Å². The summed E-state index contributed by atoms with van der Waals surface area (Å²) in [6.45, 7) is 11.6. The number of aromatic nitrogens is 1. The lowest BCUT2D eigenvalue weighted by atomic mass is 9.75. The van der Waals surface area contributed by atoms with E-state index in [1.54, 1.807) is 0 Å². The molecular weight excluding hydrogens is 463 g/mol. The van der Waals surface area contributed by atoms with Crippen molar-refractivity contribution in [1.82, 2.24) is 4.98 Å². The van der Waals surface area contributed by atoms with E-state index >= 15 is 0 Å². The number of ketones is 1. The molecule has 37 heavy (non-hydrogen) atoms. The van der Waals surface area contributed by atoms with Crippen molar-refractivity contribution < 1.29 is 14.3 Å². The van der Waals surface area contributed by atoms with Crippen LogP contribution in [0.4, 0.5) is 10.1 Å². The van der Waals surface area contributed by atoms with Crippen LogP contribution in [-0.2, 0) is 0 Å². The zero-order chi connectivity index (χ0) is 26.6. The minimum atomic E-state index is -0.656.